The molecule has 6 rings (SSSR count). The summed E-state index contributed by atoms with van der Waals surface area (Å²) in [6.45, 7) is 4.96. The summed E-state index contributed by atoms with van der Waals surface area (Å²) in [7, 11) is 0. The topological polar surface area (TPSA) is 8.81 Å². The van der Waals surface area contributed by atoms with Crippen LogP contribution in [0.2, 0.25) is 0 Å². The van der Waals surface area contributed by atoms with Crippen LogP contribution in [0, 0.1) is 0 Å². The van der Waals surface area contributed by atoms with Crippen LogP contribution in [0.4, 0.5) is 0 Å². The molecule has 3 aromatic carbocycles. The average Bonchev–Trinajstić information content (AvgIpc) is 3.30. The molecule has 2 nitrogen and oxygen atoms in total. The lowest BCUT2D eigenvalue weighted by Gasteiger charge is -2.09. The third-order valence-corrected chi connectivity index (χ3v) is 5.49. The number of para-hydroxylation sites is 2. The molecular weight excluding hydrogens is 340 g/mol. The van der Waals surface area contributed by atoms with E-state index < -0.39 is 0 Å². The molecule has 0 aliphatic carbocycles. The van der Waals surface area contributed by atoms with Gasteiger partial charge in [-0.25, -0.2) is 0 Å². The first-order chi connectivity index (χ1) is 13.9. The molecule has 0 bridgehead atoms. The second-order valence-corrected chi connectivity index (χ2v) is 6.92. The SMILES string of the molecule is CC.c1cc[n+]2c(c1)-c1cc(-n3c4ccccc4c4ccccc43)ccc1C2. The summed E-state index contributed by atoms with van der Waals surface area (Å²) in [5, 5.41) is 2.61. The first-order valence-electron chi connectivity index (χ1n) is 10.0. The average molecular weight is 363 g/mol. The monoisotopic (exact) mass is 363 g/mol. The zero-order valence-corrected chi connectivity index (χ0v) is 16.3. The van der Waals surface area contributed by atoms with Crippen molar-refractivity contribution >= 4 is 21.8 Å². The van der Waals surface area contributed by atoms with Crippen molar-refractivity contribution in [3.63, 3.8) is 0 Å². The van der Waals surface area contributed by atoms with Crippen molar-refractivity contribution in [1.82, 2.24) is 4.57 Å². The maximum atomic E-state index is 2.39. The lowest BCUT2D eigenvalue weighted by molar-refractivity contribution is -0.672. The summed E-state index contributed by atoms with van der Waals surface area (Å²) in [4.78, 5) is 0. The quantitative estimate of drug-likeness (QED) is 0.311. The number of nitrogens with zero attached hydrogens (tertiary/aromatic N) is 2. The summed E-state index contributed by atoms with van der Waals surface area (Å²) in [5.41, 5.74) is 7.76. The van der Waals surface area contributed by atoms with Gasteiger partial charge in [0.2, 0.25) is 5.69 Å². The molecule has 0 fully saturated rings. The van der Waals surface area contributed by atoms with Crippen molar-refractivity contribution in [2.45, 2.75) is 20.4 Å². The number of fused-ring (bicyclic) bond motifs is 6. The highest BCUT2D eigenvalue weighted by atomic mass is 15.0. The molecule has 28 heavy (non-hydrogen) atoms. The van der Waals surface area contributed by atoms with Crippen LogP contribution in [0.15, 0.2) is 91.1 Å². The molecule has 1 aliphatic heterocycles. The minimum absolute atomic E-state index is 0.957. The molecule has 3 heterocycles. The Labute approximate surface area is 165 Å². The normalized spacial score (nSPS) is 11.8. The van der Waals surface area contributed by atoms with Crippen LogP contribution >= 0.6 is 0 Å². The molecule has 136 valence electrons. The maximum Gasteiger partial charge on any atom is 0.213 e. The van der Waals surface area contributed by atoms with Crippen molar-refractivity contribution < 1.29 is 4.57 Å². The number of pyridine rings is 1. The molecule has 0 saturated heterocycles. The Kier molecular flexibility index (Phi) is 3.98. The zero-order chi connectivity index (χ0) is 19.1. The van der Waals surface area contributed by atoms with Crippen LogP contribution in [0.3, 0.4) is 0 Å². The minimum atomic E-state index is 0.957. The molecule has 0 unspecified atom stereocenters. The number of hydrogen-bond acceptors (Lipinski definition) is 0. The van der Waals surface area contributed by atoms with Gasteiger partial charge >= 0.3 is 0 Å². The first-order valence-corrected chi connectivity index (χ1v) is 10.0. The zero-order valence-electron chi connectivity index (χ0n) is 16.3. The van der Waals surface area contributed by atoms with Crippen molar-refractivity contribution in [2.24, 2.45) is 0 Å². The van der Waals surface area contributed by atoms with E-state index in [9.17, 15) is 0 Å². The highest BCUT2D eigenvalue weighted by molar-refractivity contribution is 6.09. The largest absolute Gasteiger partial charge is 0.309 e. The second kappa shape index (κ2) is 6.65. The van der Waals surface area contributed by atoms with E-state index in [2.05, 4.69) is 100 Å². The smallest absolute Gasteiger partial charge is 0.213 e. The van der Waals surface area contributed by atoms with E-state index in [-0.39, 0.29) is 0 Å². The van der Waals surface area contributed by atoms with Crippen LogP contribution in [-0.2, 0) is 6.54 Å². The summed E-state index contributed by atoms with van der Waals surface area (Å²) in [6.07, 6.45) is 2.16. The van der Waals surface area contributed by atoms with Crippen LogP contribution in [0.5, 0.6) is 0 Å². The highest BCUT2D eigenvalue weighted by Gasteiger charge is 2.25. The lowest BCUT2D eigenvalue weighted by Crippen LogP contribution is -2.31. The summed E-state index contributed by atoms with van der Waals surface area (Å²) >= 11 is 0. The Hall–Kier alpha value is -3.39. The molecule has 5 aromatic rings. The van der Waals surface area contributed by atoms with Crippen molar-refractivity contribution in [3.8, 4) is 16.9 Å². The molecule has 0 atom stereocenters. The molecule has 0 amide bonds. The van der Waals surface area contributed by atoms with E-state index in [0.717, 1.165) is 6.54 Å². The Morgan fingerprint density at radius 3 is 2.07 bits per heavy atom. The highest BCUT2D eigenvalue weighted by Crippen LogP contribution is 2.34. The van der Waals surface area contributed by atoms with Crippen molar-refractivity contribution in [2.75, 3.05) is 0 Å². The number of rotatable bonds is 1. The number of aromatic nitrogens is 2. The predicted octanol–water partition coefficient (Wildman–Crippen LogP) is 6.13. The van der Waals surface area contributed by atoms with Crippen LogP contribution < -0.4 is 4.57 Å². The van der Waals surface area contributed by atoms with Gasteiger partial charge in [0, 0.05) is 34.2 Å². The van der Waals surface area contributed by atoms with Crippen LogP contribution in [0.25, 0.3) is 38.8 Å². The van der Waals surface area contributed by atoms with Gasteiger partial charge < -0.3 is 4.57 Å². The first kappa shape index (κ1) is 16.8. The van der Waals surface area contributed by atoms with E-state index >= 15 is 0 Å². The Morgan fingerprint density at radius 2 is 1.36 bits per heavy atom. The summed E-state index contributed by atoms with van der Waals surface area (Å²) < 4.78 is 4.71. The van der Waals surface area contributed by atoms with Gasteiger partial charge in [-0.1, -0.05) is 50.2 Å². The Bertz CT molecular complexity index is 1260. The Morgan fingerprint density at radius 1 is 0.714 bits per heavy atom. The predicted molar refractivity (Wildman–Crippen MR) is 117 cm³/mol. The molecule has 2 heteroatoms. The fraction of sp³-hybridized carbons (Fsp3) is 0.115. The van der Waals surface area contributed by atoms with Crippen LogP contribution in [0.1, 0.15) is 19.4 Å². The van der Waals surface area contributed by atoms with E-state index in [1.165, 1.54) is 44.3 Å². The van der Waals surface area contributed by atoms with Gasteiger partial charge in [0.25, 0.3) is 0 Å². The fourth-order valence-corrected chi connectivity index (χ4v) is 4.32. The van der Waals surface area contributed by atoms with Gasteiger partial charge in [0.15, 0.2) is 12.7 Å². The molecule has 0 saturated carbocycles. The van der Waals surface area contributed by atoms with E-state index in [1.54, 1.807) is 0 Å². The van der Waals surface area contributed by atoms with Crippen LogP contribution in [-0.4, -0.2) is 4.57 Å². The van der Waals surface area contributed by atoms with Gasteiger partial charge in [0.05, 0.1) is 16.6 Å². The number of hydrogen-bond donors (Lipinski definition) is 0. The van der Waals surface area contributed by atoms with Gasteiger partial charge in [0.1, 0.15) is 0 Å². The van der Waals surface area contributed by atoms with E-state index in [1.807, 2.05) is 13.8 Å². The molecule has 1 aliphatic rings. The van der Waals surface area contributed by atoms with E-state index in [4.69, 9.17) is 0 Å². The van der Waals surface area contributed by atoms with Gasteiger partial charge in [-0.05, 0) is 36.4 Å². The third-order valence-electron chi connectivity index (χ3n) is 5.49. The van der Waals surface area contributed by atoms with Crippen molar-refractivity contribution in [1.29, 1.82) is 0 Å². The summed E-state index contributed by atoms with van der Waals surface area (Å²) in [5.74, 6) is 0. The lowest BCUT2D eigenvalue weighted by atomic mass is 10.1. The number of benzene rings is 3. The van der Waals surface area contributed by atoms with Gasteiger partial charge in [-0.15, -0.1) is 0 Å². The summed E-state index contributed by atoms with van der Waals surface area (Å²) in [6, 6.07) is 30.6. The molecular formula is C26H23N2+. The molecule has 2 aromatic heterocycles. The minimum Gasteiger partial charge on any atom is -0.309 e. The van der Waals surface area contributed by atoms with Crippen molar-refractivity contribution in [3.05, 3.63) is 96.7 Å². The molecule has 0 spiro atoms. The third kappa shape index (κ3) is 2.38. The standard InChI is InChI=1S/C24H17N2.C2H6/c1-3-10-23-19(7-1)20-8-2-4-11-24(20)26(23)18-13-12-17-16-25-14-6-5-9-22(25)21(17)15-18;1-2/h1-15H,16H2;1-2H3/q+1;. The Balaban J connectivity index is 0.000000829. The second-order valence-electron chi connectivity index (χ2n) is 6.92. The van der Waals surface area contributed by atoms with Gasteiger partial charge in [-0.3, -0.25) is 0 Å². The molecule has 0 radical (unpaired) electrons. The van der Waals surface area contributed by atoms with E-state index in [0.29, 0.717) is 0 Å². The maximum absolute atomic E-state index is 2.39. The molecule has 0 N–H and O–H groups in total. The van der Waals surface area contributed by atoms with Gasteiger partial charge in [-0.2, -0.15) is 4.57 Å². The fourth-order valence-electron chi connectivity index (χ4n) is 4.32.